The van der Waals surface area contributed by atoms with Crippen LogP contribution < -0.4 is 0 Å². The van der Waals surface area contributed by atoms with Gasteiger partial charge in [-0.05, 0) is 12.1 Å². The third-order valence-electron chi connectivity index (χ3n) is 4.36. The molecule has 29 heavy (non-hydrogen) atoms. The van der Waals surface area contributed by atoms with Crippen LogP contribution in [-0.2, 0) is 0 Å². The fourth-order valence-corrected chi connectivity index (χ4v) is 3.73. The number of non-ortho nitro benzene ring substituents is 2. The number of imidazole rings is 2. The molecule has 2 aromatic heterocycles. The van der Waals surface area contributed by atoms with Crippen LogP contribution in [0.15, 0.2) is 49.1 Å². The highest BCUT2D eigenvalue weighted by Gasteiger charge is 2.38. The van der Waals surface area contributed by atoms with E-state index in [-0.39, 0.29) is 11.4 Å². The van der Waals surface area contributed by atoms with E-state index in [1.807, 2.05) is 0 Å². The summed E-state index contributed by atoms with van der Waals surface area (Å²) in [7, 11) is 0. The monoisotopic (exact) mass is 454 g/mol. The van der Waals surface area contributed by atoms with Crippen molar-refractivity contribution in [2.75, 3.05) is 0 Å². The molecule has 0 unspecified atom stereocenters. The van der Waals surface area contributed by atoms with Gasteiger partial charge in [-0.2, -0.15) is 0 Å². The number of alkyl halides is 3. The highest BCUT2D eigenvalue weighted by Crippen LogP contribution is 2.42. The van der Waals surface area contributed by atoms with Crippen LogP contribution in [0.1, 0.15) is 6.17 Å². The first-order valence-corrected chi connectivity index (χ1v) is 9.09. The molecule has 4 rings (SSSR count). The van der Waals surface area contributed by atoms with Crippen LogP contribution in [0.3, 0.4) is 0 Å². The molecular formula is C16H9Cl3N6O4. The molecule has 0 radical (unpaired) electrons. The zero-order valence-electron chi connectivity index (χ0n) is 14.1. The fraction of sp³-hybridized carbons (Fsp3) is 0.125. The Labute approximate surface area is 176 Å². The van der Waals surface area contributed by atoms with Gasteiger partial charge in [0.25, 0.3) is 11.4 Å². The van der Waals surface area contributed by atoms with E-state index in [9.17, 15) is 20.2 Å². The smallest absolute Gasteiger partial charge is 0.271 e. The maximum Gasteiger partial charge on any atom is 0.271 e. The Hall–Kier alpha value is -2.95. The molecule has 0 fully saturated rings. The van der Waals surface area contributed by atoms with Crippen molar-refractivity contribution < 1.29 is 9.85 Å². The molecule has 2 aromatic carbocycles. The van der Waals surface area contributed by atoms with Crippen molar-refractivity contribution in [1.29, 1.82) is 0 Å². The number of hydrogen-bond donors (Lipinski definition) is 0. The number of benzene rings is 2. The molecule has 0 saturated heterocycles. The molecule has 0 atom stereocenters. The minimum atomic E-state index is -1.95. The van der Waals surface area contributed by atoms with E-state index in [2.05, 4.69) is 9.97 Å². The van der Waals surface area contributed by atoms with Gasteiger partial charge in [0, 0.05) is 24.3 Å². The van der Waals surface area contributed by atoms with E-state index in [1.54, 1.807) is 0 Å². The molecule has 148 valence electrons. The van der Waals surface area contributed by atoms with Gasteiger partial charge in [-0.25, -0.2) is 9.97 Å². The van der Waals surface area contributed by atoms with Crippen LogP contribution in [0.4, 0.5) is 11.4 Å². The molecule has 0 N–H and O–H groups in total. The number of nitro groups is 2. The Kier molecular flexibility index (Phi) is 4.56. The van der Waals surface area contributed by atoms with Crippen molar-refractivity contribution in [3.8, 4) is 0 Å². The fourth-order valence-electron chi connectivity index (χ4n) is 3.10. The summed E-state index contributed by atoms with van der Waals surface area (Å²) in [5, 5.41) is 22.3. The zero-order chi connectivity index (χ0) is 20.9. The van der Waals surface area contributed by atoms with Crippen LogP contribution >= 0.6 is 34.8 Å². The maximum absolute atomic E-state index is 11.2. The molecular weight excluding hydrogens is 447 g/mol. The summed E-state index contributed by atoms with van der Waals surface area (Å²) in [5.41, 5.74) is 1.28. The molecule has 0 amide bonds. The van der Waals surface area contributed by atoms with E-state index >= 15 is 0 Å². The topological polar surface area (TPSA) is 122 Å². The lowest BCUT2D eigenvalue weighted by Crippen LogP contribution is -2.29. The maximum atomic E-state index is 11.2. The third-order valence-corrected chi connectivity index (χ3v) is 4.94. The largest absolute Gasteiger partial charge is 0.304 e. The summed E-state index contributed by atoms with van der Waals surface area (Å²) >= 11 is 18.8. The Morgan fingerprint density at radius 1 is 0.828 bits per heavy atom. The second kappa shape index (κ2) is 6.83. The van der Waals surface area contributed by atoms with Crippen molar-refractivity contribution in [3.05, 3.63) is 69.3 Å². The lowest BCUT2D eigenvalue weighted by molar-refractivity contribution is -0.384. The molecule has 2 heterocycles. The number of rotatable bonds is 4. The second-order valence-corrected chi connectivity index (χ2v) is 8.45. The third kappa shape index (κ3) is 3.35. The van der Waals surface area contributed by atoms with E-state index in [1.165, 1.54) is 58.2 Å². The highest BCUT2D eigenvalue weighted by molar-refractivity contribution is 6.68. The molecule has 0 spiro atoms. The van der Waals surface area contributed by atoms with Gasteiger partial charge >= 0.3 is 0 Å². The van der Waals surface area contributed by atoms with Crippen molar-refractivity contribution in [3.63, 3.8) is 0 Å². The van der Waals surface area contributed by atoms with Gasteiger partial charge < -0.3 is 9.13 Å². The first kappa shape index (κ1) is 19.4. The van der Waals surface area contributed by atoms with Crippen molar-refractivity contribution in [2.45, 2.75) is 9.96 Å². The lowest BCUT2D eigenvalue weighted by Gasteiger charge is -2.28. The van der Waals surface area contributed by atoms with Gasteiger partial charge in [-0.3, -0.25) is 20.2 Å². The highest BCUT2D eigenvalue weighted by atomic mass is 35.6. The minimum Gasteiger partial charge on any atom is -0.304 e. The minimum absolute atomic E-state index is 0.159. The SMILES string of the molecule is O=[N+]([O-])c1ccc2ncn(C(n3cnc4ccc([N+](=O)[O-])cc43)C(Cl)(Cl)Cl)c2c1. The van der Waals surface area contributed by atoms with Crippen LogP contribution in [0.25, 0.3) is 22.1 Å². The number of hydrogen-bond acceptors (Lipinski definition) is 6. The molecule has 0 aliphatic heterocycles. The number of nitro benzene ring substituents is 2. The van der Waals surface area contributed by atoms with Crippen molar-refractivity contribution in [1.82, 2.24) is 19.1 Å². The Balaban J connectivity index is 1.98. The Bertz CT molecular complexity index is 1190. The number of aromatic nitrogens is 4. The van der Waals surface area contributed by atoms with Crippen LogP contribution in [0, 0.1) is 20.2 Å². The number of nitrogens with zero attached hydrogens (tertiary/aromatic N) is 6. The number of fused-ring (bicyclic) bond motifs is 2. The number of halogens is 3. The average Bonchev–Trinajstić information content (AvgIpc) is 3.25. The molecule has 4 aromatic rings. The van der Waals surface area contributed by atoms with Crippen LogP contribution in [0.5, 0.6) is 0 Å². The Morgan fingerprint density at radius 3 is 1.59 bits per heavy atom. The quantitative estimate of drug-likeness (QED) is 0.251. The molecule has 10 nitrogen and oxygen atoms in total. The predicted octanol–water partition coefficient (Wildman–Crippen LogP) is 4.62. The van der Waals surface area contributed by atoms with Gasteiger partial charge in [-0.1, -0.05) is 34.8 Å². The van der Waals surface area contributed by atoms with Gasteiger partial charge in [0.2, 0.25) is 3.79 Å². The van der Waals surface area contributed by atoms with Crippen molar-refractivity contribution >= 4 is 68.2 Å². The van der Waals surface area contributed by atoms with Crippen LogP contribution in [-0.4, -0.2) is 32.7 Å². The summed E-state index contributed by atoms with van der Waals surface area (Å²) in [5.74, 6) is 0. The van der Waals surface area contributed by atoms with Gasteiger partial charge in [-0.15, -0.1) is 0 Å². The van der Waals surface area contributed by atoms with Crippen molar-refractivity contribution in [2.24, 2.45) is 0 Å². The van der Waals surface area contributed by atoms with Gasteiger partial charge in [0.15, 0.2) is 6.17 Å². The summed E-state index contributed by atoms with van der Waals surface area (Å²) in [6, 6.07) is 8.23. The average molecular weight is 456 g/mol. The van der Waals surface area contributed by atoms with Gasteiger partial charge in [0.1, 0.15) is 0 Å². The van der Waals surface area contributed by atoms with E-state index in [0.29, 0.717) is 22.1 Å². The summed E-state index contributed by atoms with van der Waals surface area (Å²) in [4.78, 5) is 29.7. The lowest BCUT2D eigenvalue weighted by atomic mass is 10.2. The molecule has 13 heteroatoms. The Morgan fingerprint density at radius 2 is 1.24 bits per heavy atom. The molecule has 0 bridgehead atoms. The van der Waals surface area contributed by atoms with E-state index in [4.69, 9.17) is 34.8 Å². The molecule has 0 aliphatic carbocycles. The normalized spacial score (nSPS) is 12.1. The van der Waals surface area contributed by atoms with E-state index in [0.717, 1.165) is 0 Å². The molecule has 0 saturated carbocycles. The van der Waals surface area contributed by atoms with E-state index < -0.39 is 19.8 Å². The van der Waals surface area contributed by atoms with Gasteiger partial charge in [0.05, 0.1) is 44.6 Å². The first-order chi connectivity index (χ1) is 13.7. The summed E-state index contributed by atoms with van der Waals surface area (Å²) in [6.07, 6.45) is 1.68. The molecule has 0 aliphatic rings. The zero-order valence-corrected chi connectivity index (χ0v) is 16.4. The standard InChI is InChI=1S/C16H9Cl3N6O4/c17-16(18,19)15(22-7-20-11-3-1-9(24(26)27)5-13(11)22)23-8-21-12-4-2-10(25(28)29)6-14(12)23/h1-8,15H. The first-order valence-electron chi connectivity index (χ1n) is 7.95. The van der Waals surface area contributed by atoms with Crippen LogP contribution in [0.2, 0.25) is 0 Å². The predicted molar refractivity (Wildman–Crippen MR) is 107 cm³/mol. The summed E-state index contributed by atoms with van der Waals surface area (Å²) < 4.78 is 0.959. The second-order valence-electron chi connectivity index (χ2n) is 6.08. The summed E-state index contributed by atoms with van der Waals surface area (Å²) in [6.45, 7) is 0.